The van der Waals surface area contributed by atoms with Crippen LogP contribution in [0, 0.1) is 17.6 Å². The summed E-state index contributed by atoms with van der Waals surface area (Å²) in [4.78, 5) is 33.8. The van der Waals surface area contributed by atoms with Crippen molar-refractivity contribution >= 4 is 40.7 Å². The lowest BCUT2D eigenvalue weighted by Gasteiger charge is -2.32. The number of hydrogen-bond acceptors (Lipinski definition) is 8. The van der Waals surface area contributed by atoms with Crippen LogP contribution >= 0.6 is 22.9 Å². The Kier molecular flexibility index (Phi) is 7.08. The molecule has 11 heteroatoms. The summed E-state index contributed by atoms with van der Waals surface area (Å²) in [5.74, 6) is -3.25. The molecule has 0 saturated carbocycles. The van der Waals surface area contributed by atoms with Crippen LogP contribution in [-0.2, 0) is 19.1 Å². The van der Waals surface area contributed by atoms with Crippen LogP contribution in [-0.4, -0.2) is 37.0 Å². The molecule has 7 nitrogen and oxygen atoms in total. The number of aromatic nitrogens is 1. The topological polar surface area (TPSA) is 89.9 Å². The van der Waals surface area contributed by atoms with Gasteiger partial charge in [0.15, 0.2) is 22.5 Å². The number of hydrogen-bond donors (Lipinski definition) is 1. The fourth-order valence-corrected chi connectivity index (χ4v) is 4.90. The Morgan fingerprint density at radius 1 is 1.21 bits per heavy atom. The zero-order valence-electron chi connectivity index (χ0n) is 18.2. The minimum atomic E-state index is -1.22. The normalized spacial score (nSPS) is 20.3. The first-order valence-electron chi connectivity index (χ1n) is 10.3. The highest BCUT2D eigenvalue weighted by Gasteiger charge is 2.37. The van der Waals surface area contributed by atoms with E-state index in [4.69, 9.17) is 21.1 Å². The highest BCUT2D eigenvalue weighted by molar-refractivity contribution is 7.11. The predicted molar refractivity (Wildman–Crippen MR) is 122 cm³/mol. The van der Waals surface area contributed by atoms with Crippen LogP contribution in [0.1, 0.15) is 35.9 Å². The van der Waals surface area contributed by atoms with Gasteiger partial charge in [0, 0.05) is 34.3 Å². The quantitative estimate of drug-likeness (QED) is 0.473. The molecule has 2 heterocycles. The number of carbonyl (C=O) groups is 2. The van der Waals surface area contributed by atoms with E-state index in [1.165, 1.54) is 31.6 Å². The number of nitrogens with one attached hydrogen (secondary N) is 1. The Bertz CT molecular complexity index is 1230. The van der Waals surface area contributed by atoms with Crippen molar-refractivity contribution in [3.63, 3.8) is 0 Å². The second kappa shape index (κ2) is 10.0. The summed E-state index contributed by atoms with van der Waals surface area (Å²) in [6.45, 7) is 0. The van der Waals surface area contributed by atoms with E-state index in [2.05, 4.69) is 15.3 Å². The van der Waals surface area contributed by atoms with Crippen LogP contribution in [0.5, 0.6) is 0 Å². The van der Waals surface area contributed by atoms with Crippen LogP contribution in [0.25, 0.3) is 0 Å². The molecule has 1 aliphatic heterocycles. The number of benzene rings is 1. The van der Waals surface area contributed by atoms with Crippen LogP contribution in [0.4, 0.5) is 8.78 Å². The van der Waals surface area contributed by atoms with Crippen molar-refractivity contribution in [1.82, 2.24) is 10.3 Å². The standard InChI is InChI=1S/C23H20ClF2N3O4S/c1-32-22(30)12-5-3-11(4-6-12)18-15(23(31)33-2)19(13-7-8-14(25)17(26)16(13)24)29-20(28-18)21-27-9-10-34-21/h5,7-11,19H,3-4,6H2,1-2H3,(H,28,29)/t11-,19?/m0/s1. The molecule has 1 aromatic carbocycles. The fraction of sp³-hybridized carbons (Fsp3) is 0.304. The van der Waals surface area contributed by atoms with Gasteiger partial charge in [0.25, 0.3) is 0 Å². The number of esters is 2. The number of thiazole rings is 1. The van der Waals surface area contributed by atoms with Crippen LogP contribution in [0.15, 0.2) is 51.6 Å². The molecular weight excluding hydrogens is 488 g/mol. The van der Waals surface area contributed by atoms with Gasteiger partial charge < -0.3 is 14.8 Å². The molecule has 2 aliphatic rings. The van der Waals surface area contributed by atoms with Crippen molar-refractivity contribution in [3.05, 3.63) is 73.9 Å². The molecule has 1 N–H and O–H groups in total. The summed E-state index contributed by atoms with van der Waals surface area (Å²) in [6.07, 6.45) is 4.80. The highest BCUT2D eigenvalue weighted by atomic mass is 35.5. The predicted octanol–water partition coefficient (Wildman–Crippen LogP) is 4.49. The third kappa shape index (κ3) is 4.47. The molecule has 34 heavy (non-hydrogen) atoms. The molecule has 2 aromatic rings. The Morgan fingerprint density at radius 2 is 1.97 bits per heavy atom. The number of aliphatic imine (C=N–C) groups is 1. The van der Waals surface area contributed by atoms with Gasteiger partial charge in [-0.05, 0) is 25.3 Å². The lowest BCUT2D eigenvalue weighted by atomic mass is 9.82. The van der Waals surface area contributed by atoms with E-state index in [-0.39, 0.29) is 17.1 Å². The first kappa shape index (κ1) is 24.0. The molecule has 0 spiro atoms. The van der Waals surface area contributed by atoms with Gasteiger partial charge in [-0.1, -0.05) is 23.7 Å². The summed E-state index contributed by atoms with van der Waals surface area (Å²) >= 11 is 7.49. The highest BCUT2D eigenvalue weighted by Crippen LogP contribution is 2.41. The van der Waals surface area contributed by atoms with E-state index in [0.717, 1.165) is 6.07 Å². The van der Waals surface area contributed by atoms with E-state index >= 15 is 0 Å². The molecule has 178 valence electrons. The Morgan fingerprint density at radius 3 is 2.59 bits per heavy atom. The number of halogens is 3. The minimum Gasteiger partial charge on any atom is -0.466 e. The third-order valence-electron chi connectivity index (χ3n) is 5.74. The summed E-state index contributed by atoms with van der Waals surface area (Å²) in [7, 11) is 2.55. The summed E-state index contributed by atoms with van der Waals surface area (Å²) in [5, 5.41) is 5.06. The average Bonchev–Trinajstić information content (AvgIpc) is 3.41. The second-order valence-electron chi connectivity index (χ2n) is 7.62. The second-order valence-corrected chi connectivity index (χ2v) is 8.89. The molecule has 1 aliphatic carbocycles. The van der Waals surface area contributed by atoms with Crippen LogP contribution in [0.2, 0.25) is 5.02 Å². The van der Waals surface area contributed by atoms with E-state index in [1.54, 1.807) is 17.7 Å². The average molecular weight is 508 g/mol. The third-order valence-corrected chi connectivity index (χ3v) is 6.91. The van der Waals surface area contributed by atoms with Crippen molar-refractivity contribution in [2.24, 2.45) is 10.9 Å². The van der Waals surface area contributed by atoms with Crippen molar-refractivity contribution < 1.29 is 27.8 Å². The molecule has 0 radical (unpaired) electrons. The zero-order valence-corrected chi connectivity index (χ0v) is 19.8. The van der Waals surface area contributed by atoms with E-state index < -0.39 is 34.6 Å². The van der Waals surface area contributed by atoms with Gasteiger partial charge in [-0.3, -0.25) is 4.99 Å². The number of ether oxygens (including phenoxy) is 2. The monoisotopic (exact) mass is 507 g/mol. The van der Waals surface area contributed by atoms with E-state index in [0.29, 0.717) is 41.4 Å². The molecular formula is C23H20ClF2N3O4S. The van der Waals surface area contributed by atoms with Crippen LogP contribution in [0.3, 0.4) is 0 Å². The molecule has 1 unspecified atom stereocenters. The van der Waals surface area contributed by atoms with E-state index in [9.17, 15) is 18.4 Å². The number of amidine groups is 1. The SMILES string of the molecule is COC(=O)C1=CC[C@H](C2=C(C(=O)OC)C(c3ccc(F)c(F)c3Cl)N=C(c3nccs3)N2)CC1. The molecule has 0 bridgehead atoms. The van der Waals surface area contributed by atoms with Gasteiger partial charge in [-0.2, -0.15) is 0 Å². The van der Waals surface area contributed by atoms with Crippen molar-refractivity contribution in [1.29, 1.82) is 0 Å². The Balaban J connectivity index is 1.86. The lowest BCUT2D eigenvalue weighted by molar-refractivity contribution is -0.137. The maximum Gasteiger partial charge on any atom is 0.338 e. The Hall–Kier alpha value is -3.11. The van der Waals surface area contributed by atoms with E-state index in [1.807, 2.05) is 0 Å². The number of rotatable bonds is 5. The number of allylic oxidation sites excluding steroid dienone is 2. The minimum absolute atomic E-state index is 0.121. The van der Waals surface area contributed by atoms with Gasteiger partial charge >= 0.3 is 11.9 Å². The maximum absolute atomic E-state index is 14.4. The first-order valence-corrected chi connectivity index (χ1v) is 11.6. The zero-order chi connectivity index (χ0) is 24.4. The van der Waals surface area contributed by atoms with Gasteiger partial charge in [0.2, 0.25) is 0 Å². The smallest absolute Gasteiger partial charge is 0.338 e. The largest absolute Gasteiger partial charge is 0.466 e. The number of carbonyl (C=O) groups excluding carboxylic acids is 2. The summed E-state index contributed by atoms with van der Waals surface area (Å²) in [6, 6.07) is 1.19. The fourth-order valence-electron chi connectivity index (χ4n) is 4.06. The number of nitrogens with zero attached hydrogens (tertiary/aromatic N) is 2. The molecule has 0 amide bonds. The van der Waals surface area contributed by atoms with Crippen molar-refractivity contribution in [2.75, 3.05) is 14.2 Å². The maximum atomic E-state index is 14.4. The Labute approximate surface area is 203 Å². The van der Waals surface area contributed by atoms with Crippen molar-refractivity contribution in [2.45, 2.75) is 25.3 Å². The molecule has 1 aromatic heterocycles. The molecule has 2 atom stereocenters. The van der Waals surface area contributed by atoms with Gasteiger partial charge in [0.05, 0.1) is 24.8 Å². The van der Waals surface area contributed by atoms with Gasteiger partial charge in [-0.25, -0.2) is 23.4 Å². The summed E-state index contributed by atoms with van der Waals surface area (Å²) in [5.41, 5.74) is 1.33. The molecule has 4 rings (SSSR count). The van der Waals surface area contributed by atoms with Gasteiger partial charge in [-0.15, -0.1) is 11.3 Å². The van der Waals surface area contributed by atoms with Crippen molar-refractivity contribution in [3.8, 4) is 0 Å². The molecule has 0 fully saturated rings. The molecule has 0 saturated heterocycles. The number of methoxy groups -OCH3 is 2. The first-order chi connectivity index (χ1) is 16.3. The summed E-state index contributed by atoms with van der Waals surface area (Å²) < 4.78 is 38.0. The van der Waals surface area contributed by atoms with Gasteiger partial charge in [0.1, 0.15) is 6.04 Å². The lowest BCUT2D eigenvalue weighted by Crippen LogP contribution is -2.37. The van der Waals surface area contributed by atoms with Crippen LogP contribution < -0.4 is 5.32 Å².